The molecule has 0 bridgehead atoms. The van der Waals surface area contributed by atoms with Crippen LogP contribution in [-0.4, -0.2) is 13.7 Å². The molecule has 1 aromatic carbocycles. The lowest BCUT2D eigenvalue weighted by molar-refractivity contribution is 0.414. The maximum Gasteiger partial charge on any atom is 0.119 e. The summed E-state index contributed by atoms with van der Waals surface area (Å²) in [7, 11) is 1.70. The molecule has 1 aliphatic rings. The van der Waals surface area contributed by atoms with Crippen molar-refractivity contribution in [3.63, 3.8) is 0 Å². The molecule has 1 fully saturated rings. The van der Waals surface area contributed by atoms with Crippen molar-refractivity contribution < 1.29 is 4.74 Å². The van der Waals surface area contributed by atoms with Crippen LogP contribution < -0.4 is 10.5 Å². The van der Waals surface area contributed by atoms with Gasteiger partial charge in [-0.05, 0) is 42.5 Å². The van der Waals surface area contributed by atoms with Crippen LogP contribution >= 0.6 is 0 Å². The van der Waals surface area contributed by atoms with Crippen molar-refractivity contribution in [1.29, 1.82) is 0 Å². The number of nitrogens with two attached hydrogens (primary N) is 1. The molecule has 0 aliphatic heterocycles. The smallest absolute Gasteiger partial charge is 0.119 e. The Kier molecular flexibility index (Phi) is 2.23. The van der Waals surface area contributed by atoms with Gasteiger partial charge in [0.2, 0.25) is 0 Å². The second kappa shape index (κ2) is 3.38. The van der Waals surface area contributed by atoms with E-state index >= 15 is 0 Å². The van der Waals surface area contributed by atoms with E-state index in [-0.39, 0.29) is 0 Å². The maximum absolute atomic E-state index is 5.60. The molecule has 0 spiro atoms. The van der Waals surface area contributed by atoms with Crippen molar-refractivity contribution in [3.05, 3.63) is 29.8 Å². The van der Waals surface area contributed by atoms with Crippen molar-refractivity contribution in [2.45, 2.75) is 12.3 Å². The quantitative estimate of drug-likeness (QED) is 0.763. The lowest BCUT2D eigenvalue weighted by Gasteiger charge is -2.02. The summed E-state index contributed by atoms with van der Waals surface area (Å²) in [6.45, 7) is 0.807. The molecule has 0 saturated heterocycles. The highest BCUT2D eigenvalue weighted by atomic mass is 16.5. The van der Waals surface area contributed by atoms with Crippen LogP contribution in [0.2, 0.25) is 0 Å². The zero-order chi connectivity index (χ0) is 9.26. The Morgan fingerprint density at radius 2 is 2.38 bits per heavy atom. The lowest BCUT2D eigenvalue weighted by Crippen LogP contribution is -2.01. The van der Waals surface area contributed by atoms with Gasteiger partial charge in [0.1, 0.15) is 5.75 Å². The summed E-state index contributed by atoms with van der Waals surface area (Å²) < 4.78 is 5.17. The van der Waals surface area contributed by atoms with Gasteiger partial charge >= 0.3 is 0 Å². The fourth-order valence-corrected chi connectivity index (χ4v) is 1.79. The van der Waals surface area contributed by atoms with Crippen LogP contribution in [0.25, 0.3) is 0 Å². The van der Waals surface area contributed by atoms with Crippen LogP contribution in [-0.2, 0) is 0 Å². The van der Waals surface area contributed by atoms with E-state index in [2.05, 4.69) is 12.1 Å². The molecule has 1 saturated carbocycles. The summed E-state index contributed by atoms with van der Waals surface area (Å²) >= 11 is 0. The molecule has 2 N–H and O–H groups in total. The van der Waals surface area contributed by atoms with E-state index in [1.807, 2.05) is 12.1 Å². The second-order valence-corrected chi connectivity index (χ2v) is 3.61. The highest BCUT2D eigenvalue weighted by Crippen LogP contribution is 2.47. The molecule has 2 nitrogen and oxygen atoms in total. The van der Waals surface area contributed by atoms with Crippen molar-refractivity contribution in [2.75, 3.05) is 13.7 Å². The summed E-state index contributed by atoms with van der Waals surface area (Å²) in [6, 6.07) is 8.28. The predicted molar refractivity (Wildman–Crippen MR) is 52.9 cm³/mol. The van der Waals surface area contributed by atoms with Gasteiger partial charge in [0, 0.05) is 0 Å². The first-order valence-corrected chi connectivity index (χ1v) is 4.69. The third-order valence-electron chi connectivity index (χ3n) is 2.75. The van der Waals surface area contributed by atoms with Crippen molar-refractivity contribution in [3.8, 4) is 5.75 Å². The third-order valence-corrected chi connectivity index (χ3v) is 2.75. The van der Waals surface area contributed by atoms with Crippen LogP contribution in [0.4, 0.5) is 0 Å². The van der Waals surface area contributed by atoms with Crippen LogP contribution in [0, 0.1) is 5.92 Å². The highest BCUT2D eigenvalue weighted by molar-refractivity contribution is 5.34. The van der Waals surface area contributed by atoms with Gasteiger partial charge in [-0.25, -0.2) is 0 Å². The maximum atomic E-state index is 5.60. The largest absolute Gasteiger partial charge is 0.497 e. The minimum Gasteiger partial charge on any atom is -0.497 e. The molecular formula is C11H15NO. The fourth-order valence-electron chi connectivity index (χ4n) is 1.79. The molecule has 1 aromatic rings. The van der Waals surface area contributed by atoms with E-state index in [1.165, 1.54) is 12.0 Å². The molecule has 0 unspecified atom stereocenters. The first-order chi connectivity index (χ1) is 6.35. The number of rotatable bonds is 3. The van der Waals surface area contributed by atoms with E-state index in [0.717, 1.165) is 12.3 Å². The van der Waals surface area contributed by atoms with E-state index in [4.69, 9.17) is 10.5 Å². The minimum absolute atomic E-state index is 0.681. The van der Waals surface area contributed by atoms with Gasteiger partial charge in [0.15, 0.2) is 0 Å². The van der Waals surface area contributed by atoms with Crippen molar-refractivity contribution in [2.24, 2.45) is 11.7 Å². The zero-order valence-corrected chi connectivity index (χ0v) is 7.86. The predicted octanol–water partition coefficient (Wildman–Crippen LogP) is 1.76. The molecule has 0 radical (unpaired) electrons. The first-order valence-electron chi connectivity index (χ1n) is 4.69. The number of ether oxygens (including phenoxy) is 1. The summed E-state index contributed by atoms with van der Waals surface area (Å²) in [5.41, 5.74) is 6.97. The molecule has 13 heavy (non-hydrogen) atoms. The van der Waals surface area contributed by atoms with Crippen LogP contribution in [0.1, 0.15) is 17.9 Å². The Balaban J connectivity index is 2.13. The normalized spacial score (nSPS) is 25.7. The summed E-state index contributed by atoms with van der Waals surface area (Å²) in [5, 5.41) is 0. The third kappa shape index (κ3) is 1.68. The SMILES string of the molecule is COc1cccc([C@@H]2C[C@H]2CN)c1. The monoisotopic (exact) mass is 177 g/mol. The van der Waals surface area contributed by atoms with Gasteiger partial charge in [-0.15, -0.1) is 0 Å². The van der Waals surface area contributed by atoms with Gasteiger partial charge in [-0.1, -0.05) is 12.1 Å². The van der Waals surface area contributed by atoms with Gasteiger partial charge in [-0.2, -0.15) is 0 Å². The minimum atomic E-state index is 0.681. The second-order valence-electron chi connectivity index (χ2n) is 3.61. The average molecular weight is 177 g/mol. The standard InChI is InChI=1S/C11H15NO/c1-13-10-4-2-3-8(5-10)11-6-9(11)7-12/h2-5,9,11H,6-7,12H2,1H3/t9-,11-/m0/s1. The van der Waals surface area contributed by atoms with Crippen molar-refractivity contribution in [1.82, 2.24) is 0 Å². The van der Waals surface area contributed by atoms with E-state index < -0.39 is 0 Å². The topological polar surface area (TPSA) is 35.2 Å². The van der Waals surface area contributed by atoms with Gasteiger partial charge < -0.3 is 10.5 Å². The molecule has 0 aromatic heterocycles. The van der Waals surface area contributed by atoms with Crippen molar-refractivity contribution >= 4 is 0 Å². The lowest BCUT2D eigenvalue weighted by atomic mass is 10.1. The Labute approximate surface area is 78.7 Å². The molecule has 2 atom stereocenters. The molecule has 1 aliphatic carbocycles. The molecule has 0 amide bonds. The number of hydrogen-bond donors (Lipinski definition) is 1. The summed E-state index contributed by atoms with van der Waals surface area (Å²) in [5.74, 6) is 2.33. The number of methoxy groups -OCH3 is 1. The summed E-state index contributed by atoms with van der Waals surface area (Å²) in [6.07, 6.45) is 1.24. The molecular weight excluding hydrogens is 162 g/mol. The Bertz CT molecular complexity index is 298. The molecule has 70 valence electrons. The van der Waals surface area contributed by atoms with Crippen LogP contribution in [0.15, 0.2) is 24.3 Å². The first kappa shape index (κ1) is 8.57. The van der Waals surface area contributed by atoms with E-state index in [0.29, 0.717) is 11.8 Å². The Morgan fingerprint density at radius 3 is 3.00 bits per heavy atom. The van der Waals surface area contributed by atoms with Crippen LogP contribution in [0.5, 0.6) is 5.75 Å². The molecule has 0 heterocycles. The highest BCUT2D eigenvalue weighted by Gasteiger charge is 2.36. The van der Waals surface area contributed by atoms with Crippen LogP contribution in [0.3, 0.4) is 0 Å². The zero-order valence-electron chi connectivity index (χ0n) is 7.86. The Hall–Kier alpha value is -1.02. The van der Waals surface area contributed by atoms with E-state index in [1.54, 1.807) is 7.11 Å². The number of hydrogen-bond acceptors (Lipinski definition) is 2. The fraction of sp³-hybridized carbons (Fsp3) is 0.455. The van der Waals surface area contributed by atoms with Gasteiger partial charge in [-0.3, -0.25) is 0 Å². The Morgan fingerprint density at radius 1 is 1.54 bits per heavy atom. The number of benzene rings is 1. The molecule has 2 rings (SSSR count). The van der Waals surface area contributed by atoms with Gasteiger partial charge in [0.25, 0.3) is 0 Å². The average Bonchev–Trinajstić information content (AvgIpc) is 2.97. The summed E-state index contributed by atoms with van der Waals surface area (Å²) in [4.78, 5) is 0. The van der Waals surface area contributed by atoms with Gasteiger partial charge in [0.05, 0.1) is 7.11 Å². The molecule has 2 heteroatoms. The van der Waals surface area contributed by atoms with E-state index in [9.17, 15) is 0 Å².